The molecule has 0 fully saturated rings. The maximum Gasteiger partial charge on any atom is 0.569 e. The lowest BCUT2D eigenvalue weighted by Gasteiger charge is -2.15. The fourth-order valence-electron chi connectivity index (χ4n) is 4.71. The smallest absolute Gasteiger partial charge is 0.534 e. The number of hydrogen-bond acceptors (Lipinski definition) is 4. The van der Waals surface area contributed by atoms with Crippen molar-refractivity contribution in [3.63, 3.8) is 0 Å². The third kappa shape index (κ3) is 4.13. The summed E-state index contributed by atoms with van der Waals surface area (Å²) in [5.41, 5.74) is 0. The molecule has 0 saturated heterocycles. The molecule has 1 N–H and O–H groups in total. The van der Waals surface area contributed by atoms with Crippen LogP contribution < -0.4 is 14.1 Å². The van der Waals surface area contributed by atoms with Crippen molar-refractivity contribution >= 4 is 66.7 Å². The molecule has 0 aromatic heterocycles. The molecule has 0 spiro atoms. The molecule has 0 aliphatic carbocycles. The molecule has 0 amide bonds. The maximum absolute atomic E-state index is 8.97. The molecule has 0 unspecified atom stereocenters. The minimum atomic E-state index is 0.527. The molecular weight excluding hydrogens is 515 g/mol. The van der Waals surface area contributed by atoms with Crippen molar-refractivity contribution < 1.29 is 19.2 Å². The van der Waals surface area contributed by atoms with E-state index < -0.39 is 0 Å². The van der Waals surface area contributed by atoms with Crippen molar-refractivity contribution in [3.8, 4) is 17.2 Å². The van der Waals surface area contributed by atoms with Gasteiger partial charge in [0.15, 0.2) is 11.5 Å². The maximum atomic E-state index is 8.97. The van der Waals surface area contributed by atoms with Crippen LogP contribution in [0.2, 0.25) is 0 Å². The van der Waals surface area contributed by atoms with E-state index in [1.807, 2.05) is 60.7 Å². The Bertz CT molecular complexity index is 1700. The number of rotatable bonds is 4. The Kier molecular flexibility index (Phi) is 6.98. The van der Waals surface area contributed by atoms with Crippen molar-refractivity contribution in [2.24, 2.45) is 0 Å². The summed E-state index contributed by atoms with van der Waals surface area (Å²) in [6.45, 7) is 0. The lowest BCUT2D eigenvalue weighted by atomic mass is 9.99. The highest BCUT2D eigenvalue weighted by Crippen LogP contribution is 2.43. The highest BCUT2D eigenvalue weighted by molar-refractivity contribution is 9.10. The Morgan fingerprint density at radius 3 is 1.25 bits per heavy atom. The Balaban J connectivity index is 0.000000149. The van der Waals surface area contributed by atoms with Gasteiger partial charge in [-0.25, -0.2) is 0 Å². The molecule has 6 rings (SSSR count). The van der Waals surface area contributed by atoms with E-state index in [-0.39, 0.29) is 0 Å². The molecule has 0 saturated carbocycles. The molecule has 4 nitrogen and oxygen atoms in total. The minimum absolute atomic E-state index is 0.527. The zero-order chi connectivity index (χ0) is 25.1. The van der Waals surface area contributed by atoms with Gasteiger partial charge in [0.1, 0.15) is 5.75 Å². The average molecular weight is 538 g/mol. The number of halogens is 1. The Morgan fingerprint density at radius 1 is 0.500 bits per heavy atom. The minimum Gasteiger partial charge on any atom is -0.534 e. The third-order valence-electron chi connectivity index (χ3n) is 6.24. The number of fused-ring (bicyclic) bond motifs is 6. The molecule has 0 bridgehead atoms. The van der Waals surface area contributed by atoms with Gasteiger partial charge in [0, 0.05) is 21.5 Å². The fraction of sp³-hybridized carbons (Fsp3) is 0.0667. The standard InChI is InChI=1S/C15H12BO3.C15H11BrO/c1-18-14-12-8-4-2-6-10(12)11-7-3-5-9-13(11)15(14)19-16-17;1-17-15-13-9-5-3-7-11(13)10-6-2-4-8-12(10)14(15)16/h2-9,17H,1H3;2-9H,1H3. The zero-order valence-corrected chi connectivity index (χ0v) is 21.5. The Labute approximate surface area is 218 Å². The summed E-state index contributed by atoms with van der Waals surface area (Å²) in [7, 11) is 3.99. The highest BCUT2D eigenvalue weighted by atomic mass is 79.9. The number of ether oxygens (including phenoxy) is 2. The first-order chi connectivity index (χ1) is 17.7. The van der Waals surface area contributed by atoms with E-state index in [1.165, 1.54) is 16.2 Å². The van der Waals surface area contributed by atoms with E-state index in [1.54, 1.807) is 14.2 Å². The molecule has 6 heteroatoms. The van der Waals surface area contributed by atoms with Crippen LogP contribution in [0.5, 0.6) is 17.2 Å². The van der Waals surface area contributed by atoms with Crippen molar-refractivity contribution in [1.82, 2.24) is 0 Å². The predicted octanol–water partition coefficient (Wildman–Crippen LogP) is 7.67. The van der Waals surface area contributed by atoms with Gasteiger partial charge in [-0.05, 0) is 37.5 Å². The summed E-state index contributed by atoms with van der Waals surface area (Å²) >= 11 is 3.64. The molecular formula is C30H23BBrO4. The van der Waals surface area contributed by atoms with E-state index in [9.17, 15) is 0 Å². The molecule has 0 atom stereocenters. The predicted molar refractivity (Wildman–Crippen MR) is 152 cm³/mol. The van der Waals surface area contributed by atoms with Crippen LogP contribution in [0.3, 0.4) is 0 Å². The molecule has 177 valence electrons. The van der Waals surface area contributed by atoms with E-state index in [2.05, 4.69) is 52.3 Å². The normalized spacial score (nSPS) is 10.8. The average Bonchev–Trinajstić information content (AvgIpc) is 2.94. The fourth-order valence-corrected chi connectivity index (χ4v) is 5.44. The van der Waals surface area contributed by atoms with Gasteiger partial charge in [0.05, 0.1) is 18.7 Å². The van der Waals surface area contributed by atoms with Gasteiger partial charge in [-0.15, -0.1) is 0 Å². The van der Waals surface area contributed by atoms with Gasteiger partial charge < -0.3 is 19.2 Å². The third-order valence-corrected chi connectivity index (χ3v) is 7.03. The number of benzene rings is 6. The lowest BCUT2D eigenvalue weighted by molar-refractivity contribution is 0.388. The first-order valence-corrected chi connectivity index (χ1v) is 12.2. The van der Waals surface area contributed by atoms with Crippen molar-refractivity contribution in [3.05, 3.63) is 102 Å². The van der Waals surface area contributed by atoms with Crippen molar-refractivity contribution in [2.45, 2.75) is 0 Å². The van der Waals surface area contributed by atoms with Crippen LogP contribution in [-0.2, 0) is 0 Å². The van der Waals surface area contributed by atoms with Crippen LogP contribution in [0.15, 0.2) is 102 Å². The molecule has 36 heavy (non-hydrogen) atoms. The summed E-state index contributed by atoms with van der Waals surface area (Å²) in [6, 6.07) is 32.5. The monoisotopic (exact) mass is 537 g/mol. The van der Waals surface area contributed by atoms with Crippen molar-refractivity contribution in [1.29, 1.82) is 0 Å². The Morgan fingerprint density at radius 2 is 0.833 bits per heavy atom. The largest absolute Gasteiger partial charge is 0.569 e. The second-order valence-electron chi connectivity index (χ2n) is 8.12. The van der Waals surface area contributed by atoms with Crippen molar-refractivity contribution in [2.75, 3.05) is 14.2 Å². The summed E-state index contributed by atoms with van der Waals surface area (Å²) < 4.78 is 17.3. The van der Waals surface area contributed by atoms with Gasteiger partial charge in [0.25, 0.3) is 0 Å². The van der Waals surface area contributed by atoms with Crippen LogP contribution in [0.25, 0.3) is 43.1 Å². The second-order valence-corrected chi connectivity index (χ2v) is 8.91. The second kappa shape index (κ2) is 10.5. The number of methoxy groups -OCH3 is 2. The lowest BCUT2D eigenvalue weighted by Crippen LogP contribution is -2.03. The SMILES string of the molecule is COc1c(Br)c2ccccc2c2ccccc12.COc1c(O[B]O)c2ccccc2c2ccccc12. The van der Waals surface area contributed by atoms with Gasteiger partial charge >= 0.3 is 7.69 Å². The quantitative estimate of drug-likeness (QED) is 0.185. The summed E-state index contributed by atoms with van der Waals surface area (Å²) in [5, 5.41) is 17.8. The summed E-state index contributed by atoms with van der Waals surface area (Å²) in [4.78, 5) is 0. The van der Waals surface area contributed by atoms with Gasteiger partial charge in [0.2, 0.25) is 0 Å². The summed E-state index contributed by atoms with van der Waals surface area (Å²) in [6.07, 6.45) is 0. The Hall–Kier alpha value is -3.74. The van der Waals surface area contributed by atoms with Crippen LogP contribution in [0.1, 0.15) is 0 Å². The molecule has 0 heterocycles. The first kappa shape index (κ1) is 24.0. The topological polar surface area (TPSA) is 47.9 Å². The van der Waals surface area contributed by atoms with E-state index in [0.29, 0.717) is 19.2 Å². The molecule has 6 aromatic carbocycles. The molecule has 0 aliphatic heterocycles. The van der Waals surface area contributed by atoms with Gasteiger partial charge in [-0.1, -0.05) is 97.1 Å². The molecule has 6 aromatic rings. The molecule has 0 aliphatic rings. The number of hydrogen-bond donors (Lipinski definition) is 1. The van der Waals surface area contributed by atoms with E-state index in [4.69, 9.17) is 19.2 Å². The highest BCUT2D eigenvalue weighted by Gasteiger charge is 2.16. The van der Waals surface area contributed by atoms with Crippen LogP contribution in [0.4, 0.5) is 0 Å². The first-order valence-electron chi connectivity index (χ1n) is 11.4. The van der Waals surface area contributed by atoms with E-state index >= 15 is 0 Å². The van der Waals surface area contributed by atoms with Crippen LogP contribution in [0, 0.1) is 0 Å². The molecule has 1 radical (unpaired) electrons. The van der Waals surface area contributed by atoms with Gasteiger partial charge in [-0.2, -0.15) is 0 Å². The van der Waals surface area contributed by atoms with E-state index in [0.717, 1.165) is 37.2 Å². The van der Waals surface area contributed by atoms with Gasteiger partial charge in [-0.3, -0.25) is 0 Å². The van der Waals surface area contributed by atoms with Crippen LogP contribution in [-0.4, -0.2) is 26.9 Å². The zero-order valence-electron chi connectivity index (χ0n) is 19.9. The van der Waals surface area contributed by atoms with Crippen LogP contribution >= 0.6 is 15.9 Å². The summed E-state index contributed by atoms with van der Waals surface area (Å²) in [5.74, 6) is 2.05.